The standard InChI is InChI=1S/C15H22N2OS/c1-4-15(5-2,18-3)13(16)10-14-17-11-8-6-7-9-12(11)19-14/h6-9,13H,4-5,10,16H2,1-3H3. The van der Waals surface area contributed by atoms with Crippen LogP contribution < -0.4 is 5.73 Å². The van der Waals surface area contributed by atoms with Crippen molar-refractivity contribution in [3.05, 3.63) is 29.3 Å². The highest BCUT2D eigenvalue weighted by Gasteiger charge is 2.33. The van der Waals surface area contributed by atoms with Gasteiger partial charge < -0.3 is 10.5 Å². The van der Waals surface area contributed by atoms with Gasteiger partial charge in [-0.2, -0.15) is 0 Å². The van der Waals surface area contributed by atoms with E-state index in [1.165, 1.54) is 4.70 Å². The first-order valence-electron chi connectivity index (χ1n) is 6.80. The number of fused-ring (bicyclic) bond motifs is 1. The van der Waals surface area contributed by atoms with Gasteiger partial charge in [0.1, 0.15) is 0 Å². The maximum absolute atomic E-state index is 6.38. The molecule has 0 bridgehead atoms. The Hall–Kier alpha value is -0.970. The van der Waals surface area contributed by atoms with Crippen LogP contribution in [0.15, 0.2) is 24.3 Å². The number of benzene rings is 1. The van der Waals surface area contributed by atoms with Crippen molar-refractivity contribution >= 4 is 21.6 Å². The summed E-state index contributed by atoms with van der Waals surface area (Å²) in [4.78, 5) is 4.65. The van der Waals surface area contributed by atoms with Crippen molar-refractivity contribution in [2.24, 2.45) is 5.73 Å². The summed E-state index contributed by atoms with van der Waals surface area (Å²) in [5.74, 6) is 0. The van der Waals surface area contributed by atoms with Gasteiger partial charge in [-0.25, -0.2) is 4.98 Å². The van der Waals surface area contributed by atoms with E-state index in [1.54, 1.807) is 18.4 Å². The Bertz CT molecular complexity index is 492. The van der Waals surface area contributed by atoms with Crippen LogP contribution in [0, 0.1) is 0 Å². The molecule has 19 heavy (non-hydrogen) atoms. The predicted octanol–water partition coefficient (Wildman–Crippen LogP) is 3.37. The molecular weight excluding hydrogens is 256 g/mol. The van der Waals surface area contributed by atoms with Crippen molar-refractivity contribution in [2.45, 2.75) is 44.8 Å². The molecule has 1 unspecified atom stereocenters. The Labute approximate surface area is 118 Å². The maximum atomic E-state index is 6.38. The molecule has 0 fully saturated rings. The molecule has 0 radical (unpaired) electrons. The van der Waals surface area contributed by atoms with E-state index in [-0.39, 0.29) is 11.6 Å². The number of rotatable bonds is 6. The minimum absolute atomic E-state index is 0.0203. The smallest absolute Gasteiger partial charge is 0.0955 e. The second-order valence-electron chi connectivity index (χ2n) is 4.86. The van der Waals surface area contributed by atoms with E-state index in [4.69, 9.17) is 10.5 Å². The third-order valence-corrected chi connectivity index (χ3v) is 5.07. The first-order chi connectivity index (χ1) is 9.15. The molecule has 3 nitrogen and oxygen atoms in total. The molecule has 2 aromatic rings. The van der Waals surface area contributed by atoms with Crippen molar-refractivity contribution in [2.75, 3.05) is 7.11 Å². The van der Waals surface area contributed by atoms with E-state index in [9.17, 15) is 0 Å². The Morgan fingerprint density at radius 2 is 2.00 bits per heavy atom. The number of methoxy groups -OCH3 is 1. The fourth-order valence-electron chi connectivity index (χ4n) is 2.60. The van der Waals surface area contributed by atoms with Gasteiger partial charge in [-0.15, -0.1) is 11.3 Å². The van der Waals surface area contributed by atoms with Gasteiger partial charge in [0.25, 0.3) is 0 Å². The lowest BCUT2D eigenvalue weighted by Crippen LogP contribution is -2.50. The van der Waals surface area contributed by atoms with Crippen molar-refractivity contribution < 1.29 is 4.74 Å². The molecule has 0 saturated carbocycles. The second kappa shape index (κ2) is 5.99. The minimum atomic E-state index is -0.238. The molecule has 0 amide bonds. The summed E-state index contributed by atoms with van der Waals surface area (Å²) < 4.78 is 6.92. The third-order valence-electron chi connectivity index (χ3n) is 4.01. The molecular formula is C15H22N2OS. The SMILES string of the molecule is CCC(CC)(OC)C(N)Cc1nc2ccccc2s1. The van der Waals surface area contributed by atoms with Crippen LogP contribution in [-0.4, -0.2) is 23.7 Å². The first kappa shape index (κ1) is 14.4. The Kier molecular flexibility index (Phi) is 4.55. The van der Waals surface area contributed by atoms with Gasteiger partial charge in [0.15, 0.2) is 0 Å². The highest BCUT2D eigenvalue weighted by molar-refractivity contribution is 7.18. The van der Waals surface area contributed by atoms with Crippen LogP contribution in [0.2, 0.25) is 0 Å². The molecule has 2 N–H and O–H groups in total. The van der Waals surface area contributed by atoms with Crippen molar-refractivity contribution in [1.29, 1.82) is 0 Å². The molecule has 1 aromatic carbocycles. The van der Waals surface area contributed by atoms with E-state index in [0.29, 0.717) is 0 Å². The quantitative estimate of drug-likeness (QED) is 0.881. The third kappa shape index (κ3) is 2.81. The van der Waals surface area contributed by atoms with Crippen LogP contribution in [0.4, 0.5) is 0 Å². The van der Waals surface area contributed by atoms with Crippen molar-refractivity contribution in [3.8, 4) is 0 Å². The zero-order valence-electron chi connectivity index (χ0n) is 11.8. The number of para-hydroxylation sites is 1. The molecule has 0 aliphatic carbocycles. The zero-order valence-corrected chi connectivity index (χ0v) is 12.7. The van der Waals surface area contributed by atoms with E-state index >= 15 is 0 Å². The molecule has 1 heterocycles. The highest BCUT2D eigenvalue weighted by atomic mass is 32.1. The van der Waals surface area contributed by atoms with Crippen LogP contribution in [-0.2, 0) is 11.2 Å². The largest absolute Gasteiger partial charge is 0.377 e. The zero-order chi connectivity index (χ0) is 13.9. The summed E-state index contributed by atoms with van der Waals surface area (Å²) in [6.45, 7) is 4.26. The van der Waals surface area contributed by atoms with E-state index in [0.717, 1.165) is 29.8 Å². The van der Waals surface area contributed by atoms with Gasteiger partial charge in [0, 0.05) is 19.6 Å². The van der Waals surface area contributed by atoms with Gasteiger partial charge >= 0.3 is 0 Å². The number of thiazole rings is 1. The monoisotopic (exact) mass is 278 g/mol. The average molecular weight is 278 g/mol. The number of hydrogen-bond donors (Lipinski definition) is 1. The van der Waals surface area contributed by atoms with Gasteiger partial charge in [0.05, 0.1) is 20.8 Å². The topological polar surface area (TPSA) is 48.1 Å². The molecule has 1 aromatic heterocycles. The van der Waals surface area contributed by atoms with Gasteiger partial charge in [-0.1, -0.05) is 26.0 Å². The summed E-state index contributed by atoms with van der Waals surface area (Å²) in [5, 5.41) is 1.09. The number of ether oxygens (including phenoxy) is 1. The van der Waals surface area contributed by atoms with E-state index in [1.807, 2.05) is 18.2 Å². The molecule has 0 aliphatic heterocycles. The second-order valence-corrected chi connectivity index (χ2v) is 5.98. The summed E-state index contributed by atoms with van der Waals surface area (Å²) in [5.41, 5.74) is 7.20. The fraction of sp³-hybridized carbons (Fsp3) is 0.533. The number of nitrogens with two attached hydrogens (primary N) is 1. The van der Waals surface area contributed by atoms with Gasteiger partial charge in [-0.3, -0.25) is 0 Å². The van der Waals surface area contributed by atoms with Gasteiger partial charge in [0.2, 0.25) is 0 Å². The van der Waals surface area contributed by atoms with E-state index in [2.05, 4.69) is 24.9 Å². The van der Waals surface area contributed by atoms with Crippen LogP contribution >= 0.6 is 11.3 Å². The maximum Gasteiger partial charge on any atom is 0.0955 e. The lowest BCUT2D eigenvalue weighted by atomic mass is 9.87. The minimum Gasteiger partial charge on any atom is -0.377 e. The summed E-state index contributed by atoms with van der Waals surface area (Å²) in [6, 6.07) is 8.19. The Morgan fingerprint density at radius 1 is 1.32 bits per heavy atom. The predicted molar refractivity (Wildman–Crippen MR) is 81.6 cm³/mol. The van der Waals surface area contributed by atoms with Crippen molar-refractivity contribution in [1.82, 2.24) is 4.98 Å². The summed E-state index contributed by atoms with van der Waals surface area (Å²) >= 11 is 1.73. The molecule has 0 spiro atoms. The molecule has 2 rings (SSSR count). The highest BCUT2D eigenvalue weighted by Crippen LogP contribution is 2.28. The molecule has 1 atom stereocenters. The Balaban J connectivity index is 2.19. The number of aromatic nitrogens is 1. The average Bonchev–Trinajstić information content (AvgIpc) is 2.83. The lowest BCUT2D eigenvalue weighted by molar-refractivity contribution is -0.0374. The van der Waals surface area contributed by atoms with Crippen LogP contribution in [0.3, 0.4) is 0 Å². The Morgan fingerprint density at radius 3 is 2.58 bits per heavy atom. The normalized spacial score (nSPS) is 13.9. The number of nitrogens with zero attached hydrogens (tertiary/aromatic N) is 1. The lowest BCUT2D eigenvalue weighted by Gasteiger charge is -2.35. The van der Waals surface area contributed by atoms with Gasteiger partial charge in [-0.05, 0) is 25.0 Å². The number of hydrogen-bond acceptors (Lipinski definition) is 4. The van der Waals surface area contributed by atoms with Crippen LogP contribution in [0.5, 0.6) is 0 Å². The molecule has 0 saturated heterocycles. The summed E-state index contributed by atoms with van der Waals surface area (Å²) in [6.07, 6.45) is 2.62. The summed E-state index contributed by atoms with van der Waals surface area (Å²) in [7, 11) is 1.76. The van der Waals surface area contributed by atoms with E-state index < -0.39 is 0 Å². The molecule has 4 heteroatoms. The first-order valence-corrected chi connectivity index (χ1v) is 7.62. The molecule has 0 aliphatic rings. The van der Waals surface area contributed by atoms with Crippen LogP contribution in [0.25, 0.3) is 10.2 Å². The molecule has 104 valence electrons. The van der Waals surface area contributed by atoms with Crippen molar-refractivity contribution in [3.63, 3.8) is 0 Å². The van der Waals surface area contributed by atoms with Crippen LogP contribution in [0.1, 0.15) is 31.7 Å². The fourth-order valence-corrected chi connectivity index (χ4v) is 3.62.